The van der Waals surface area contributed by atoms with Gasteiger partial charge in [-0.25, -0.2) is 4.79 Å². The number of hydrogen-bond acceptors (Lipinski definition) is 5. The first-order valence-corrected chi connectivity index (χ1v) is 11.3. The number of nitrogens with zero attached hydrogens (tertiary/aromatic N) is 1. The van der Waals surface area contributed by atoms with Gasteiger partial charge in [-0.3, -0.25) is 14.4 Å². The first-order chi connectivity index (χ1) is 15.4. The van der Waals surface area contributed by atoms with Gasteiger partial charge in [0.25, 0.3) is 0 Å². The molecule has 3 unspecified atom stereocenters. The van der Waals surface area contributed by atoms with E-state index in [9.17, 15) is 24.3 Å². The van der Waals surface area contributed by atoms with Crippen LogP contribution in [-0.4, -0.2) is 50.7 Å². The zero-order valence-corrected chi connectivity index (χ0v) is 18.6. The van der Waals surface area contributed by atoms with Crippen LogP contribution >= 0.6 is 11.8 Å². The molecule has 2 amide bonds. The van der Waals surface area contributed by atoms with Gasteiger partial charge in [-0.05, 0) is 30.4 Å². The summed E-state index contributed by atoms with van der Waals surface area (Å²) in [6.45, 7) is 1.07. The molecule has 0 spiro atoms. The molecule has 1 saturated heterocycles. The van der Waals surface area contributed by atoms with Crippen molar-refractivity contribution >= 4 is 34.7 Å². The summed E-state index contributed by atoms with van der Waals surface area (Å²) < 4.78 is 0. The van der Waals surface area contributed by atoms with E-state index in [1.165, 1.54) is 11.8 Å². The minimum absolute atomic E-state index is 0.193. The SMILES string of the molecule is CC(=O)SC(Cc1ccccc1)C(=O)NCC(=O)N1C(C(=O)O)CCC1c1ccccc1. The van der Waals surface area contributed by atoms with E-state index in [0.717, 1.165) is 22.9 Å². The number of carboxylic acids is 1. The van der Waals surface area contributed by atoms with Crippen LogP contribution in [-0.2, 0) is 25.6 Å². The summed E-state index contributed by atoms with van der Waals surface area (Å²) in [4.78, 5) is 50.6. The Morgan fingerprint density at radius 3 is 2.25 bits per heavy atom. The molecule has 0 aromatic heterocycles. The minimum atomic E-state index is -1.06. The van der Waals surface area contributed by atoms with E-state index < -0.39 is 29.1 Å². The van der Waals surface area contributed by atoms with Crippen LogP contribution in [0.2, 0.25) is 0 Å². The maximum Gasteiger partial charge on any atom is 0.326 e. The minimum Gasteiger partial charge on any atom is -0.480 e. The summed E-state index contributed by atoms with van der Waals surface area (Å²) in [5, 5.41) is 11.4. The molecule has 1 fully saturated rings. The second-order valence-corrected chi connectivity index (χ2v) is 9.04. The van der Waals surface area contributed by atoms with Crippen molar-refractivity contribution in [2.24, 2.45) is 0 Å². The van der Waals surface area contributed by atoms with Gasteiger partial charge in [0.05, 0.1) is 17.8 Å². The molecule has 1 heterocycles. The fourth-order valence-corrected chi connectivity index (χ4v) is 4.85. The van der Waals surface area contributed by atoms with Gasteiger partial charge in [-0.1, -0.05) is 72.4 Å². The average Bonchev–Trinajstić information content (AvgIpc) is 3.23. The number of carbonyl (C=O) groups is 4. The first kappa shape index (κ1) is 23.5. The Labute approximate surface area is 191 Å². The van der Waals surface area contributed by atoms with Crippen molar-refractivity contribution in [3.05, 3.63) is 71.8 Å². The third kappa shape index (κ3) is 5.97. The topological polar surface area (TPSA) is 104 Å². The number of benzene rings is 2. The van der Waals surface area contributed by atoms with Crippen molar-refractivity contribution in [1.29, 1.82) is 0 Å². The summed E-state index contributed by atoms with van der Waals surface area (Å²) in [6, 6.07) is 17.3. The number of amides is 2. The largest absolute Gasteiger partial charge is 0.480 e. The Bertz CT molecular complexity index is 967. The van der Waals surface area contributed by atoms with E-state index in [1.54, 1.807) is 0 Å². The molecule has 168 valence electrons. The molecule has 32 heavy (non-hydrogen) atoms. The summed E-state index contributed by atoms with van der Waals surface area (Å²) in [7, 11) is 0. The third-order valence-corrected chi connectivity index (χ3v) is 6.42. The number of aliphatic carboxylic acids is 1. The number of carboxylic acid groups (broad SMARTS) is 1. The van der Waals surface area contributed by atoms with Gasteiger partial charge in [-0.15, -0.1) is 0 Å². The third-order valence-electron chi connectivity index (χ3n) is 5.42. The van der Waals surface area contributed by atoms with Crippen molar-refractivity contribution in [2.75, 3.05) is 6.54 Å². The van der Waals surface area contributed by atoms with E-state index in [1.807, 2.05) is 60.7 Å². The number of thioether (sulfide) groups is 1. The summed E-state index contributed by atoms with van der Waals surface area (Å²) in [5.41, 5.74) is 1.77. The van der Waals surface area contributed by atoms with E-state index in [4.69, 9.17) is 0 Å². The van der Waals surface area contributed by atoms with Crippen LogP contribution < -0.4 is 5.32 Å². The highest BCUT2D eigenvalue weighted by molar-refractivity contribution is 8.14. The second-order valence-electron chi connectivity index (χ2n) is 7.66. The lowest BCUT2D eigenvalue weighted by atomic mass is 10.0. The van der Waals surface area contributed by atoms with Gasteiger partial charge in [0.1, 0.15) is 6.04 Å². The van der Waals surface area contributed by atoms with E-state index in [2.05, 4.69) is 5.32 Å². The number of likely N-dealkylation sites (tertiary alicyclic amines) is 1. The standard InChI is InChI=1S/C24H26N2O5S/c1-16(27)32-21(14-17-8-4-2-5-9-17)23(29)25-15-22(28)26-19(12-13-20(26)24(30)31)18-10-6-3-7-11-18/h2-11,19-21H,12-15H2,1H3,(H,25,29)(H,30,31). The highest BCUT2D eigenvalue weighted by Gasteiger charge is 2.41. The van der Waals surface area contributed by atoms with Crippen molar-refractivity contribution in [1.82, 2.24) is 10.2 Å². The smallest absolute Gasteiger partial charge is 0.326 e. The maximum atomic E-state index is 13.0. The number of hydrogen-bond donors (Lipinski definition) is 2. The fraction of sp³-hybridized carbons (Fsp3) is 0.333. The summed E-state index contributed by atoms with van der Waals surface area (Å²) in [5.74, 6) is -1.94. The zero-order chi connectivity index (χ0) is 23.1. The molecule has 0 bridgehead atoms. The van der Waals surface area contributed by atoms with E-state index in [0.29, 0.717) is 19.3 Å². The Hall–Kier alpha value is -3.13. The lowest BCUT2D eigenvalue weighted by molar-refractivity contribution is -0.149. The zero-order valence-electron chi connectivity index (χ0n) is 17.8. The van der Waals surface area contributed by atoms with Gasteiger partial charge >= 0.3 is 5.97 Å². The molecule has 1 aliphatic heterocycles. The summed E-state index contributed by atoms with van der Waals surface area (Å²) >= 11 is 0.919. The molecule has 0 aliphatic carbocycles. The lowest BCUT2D eigenvalue weighted by Crippen LogP contribution is -2.47. The molecule has 0 radical (unpaired) electrons. The van der Waals surface area contributed by atoms with Crippen LogP contribution in [0.25, 0.3) is 0 Å². The van der Waals surface area contributed by atoms with Crippen LogP contribution in [0.1, 0.15) is 36.9 Å². The predicted molar refractivity (Wildman–Crippen MR) is 122 cm³/mol. The van der Waals surface area contributed by atoms with Gasteiger partial charge in [0, 0.05) is 6.92 Å². The number of nitrogens with one attached hydrogen (secondary N) is 1. The highest BCUT2D eigenvalue weighted by Crippen LogP contribution is 2.36. The quantitative estimate of drug-likeness (QED) is 0.636. The summed E-state index contributed by atoms with van der Waals surface area (Å²) in [6.07, 6.45) is 1.24. The highest BCUT2D eigenvalue weighted by atomic mass is 32.2. The van der Waals surface area contributed by atoms with Crippen molar-refractivity contribution in [3.8, 4) is 0 Å². The molecule has 0 saturated carbocycles. The molecular formula is C24H26N2O5S. The van der Waals surface area contributed by atoms with Crippen LogP contribution in [0.5, 0.6) is 0 Å². The van der Waals surface area contributed by atoms with Crippen LogP contribution in [0, 0.1) is 0 Å². The van der Waals surface area contributed by atoms with Crippen LogP contribution in [0.3, 0.4) is 0 Å². The maximum absolute atomic E-state index is 13.0. The predicted octanol–water partition coefficient (Wildman–Crippen LogP) is 2.81. The monoisotopic (exact) mass is 454 g/mol. The molecule has 2 aromatic rings. The molecule has 8 heteroatoms. The van der Waals surface area contributed by atoms with Gasteiger partial charge in [0.2, 0.25) is 11.8 Å². The second kappa shape index (κ2) is 10.9. The Morgan fingerprint density at radius 1 is 1.03 bits per heavy atom. The molecule has 2 N–H and O–H groups in total. The van der Waals surface area contributed by atoms with E-state index in [-0.39, 0.29) is 17.7 Å². The fourth-order valence-electron chi connectivity index (χ4n) is 3.99. The molecule has 1 aliphatic rings. The average molecular weight is 455 g/mol. The molecular weight excluding hydrogens is 428 g/mol. The van der Waals surface area contributed by atoms with Crippen molar-refractivity contribution < 1.29 is 24.3 Å². The Balaban J connectivity index is 1.69. The van der Waals surface area contributed by atoms with E-state index >= 15 is 0 Å². The normalized spacial score (nSPS) is 18.7. The van der Waals surface area contributed by atoms with Crippen LogP contribution in [0.15, 0.2) is 60.7 Å². The first-order valence-electron chi connectivity index (χ1n) is 10.4. The Morgan fingerprint density at radius 2 is 1.66 bits per heavy atom. The van der Waals surface area contributed by atoms with Crippen molar-refractivity contribution in [2.45, 2.75) is 43.5 Å². The number of carbonyl (C=O) groups excluding carboxylic acids is 3. The van der Waals surface area contributed by atoms with Gasteiger partial charge in [-0.2, -0.15) is 0 Å². The van der Waals surface area contributed by atoms with Crippen LogP contribution in [0.4, 0.5) is 0 Å². The molecule has 2 aromatic carbocycles. The molecule has 7 nitrogen and oxygen atoms in total. The van der Waals surface area contributed by atoms with Crippen molar-refractivity contribution in [3.63, 3.8) is 0 Å². The number of rotatable bonds is 8. The van der Waals surface area contributed by atoms with Gasteiger partial charge < -0.3 is 15.3 Å². The Kier molecular flexibility index (Phi) is 8.05. The molecule has 3 rings (SSSR count). The lowest BCUT2D eigenvalue weighted by Gasteiger charge is -2.29. The molecule has 3 atom stereocenters. The van der Waals surface area contributed by atoms with Gasteiger partial charge in [0.15, 0.2) is 5.12 Å².